The van der Waals surface area contributed by atoms with Crippen molar-refractivity contribution in [2.45, 2.75) is 36.3 Å². The Bertz CT molecular complexity index is 1400. The van der Waals surface area contributed by atoms with Crippen molar-refractivity contribution >= 4 is 27.6 Å². The number of halogens is 1. The van der Waals surface area contributed by atoms with Gasteiger partial charge in [0.25, 0.3) is 0 Å². The van der Waals surface area contributed by atoms with Crippen LogP contribution in [0.2, 0.25) is 0 Å². The predicted molar refractivity (Wildman–Crippen MR) is 137 cm³/mol. The molecule has 3 fully saturated rings. The van der Waals surface area contributed by atoms with Crippen molar-refractivity contribution in [2.24, 2.45) is 5.92 Å². The molecule has 0 amide bonds. The second kappa shape index (κ2) is 8.00. The minimum atomic E-state index is -3.26. The van der Waals surface area contributed by atoms with Crippen molar-refractivity contribution in [2.75, 3.05) is 18.4 Å². The molecule has 3 aromatic rings. The normalized spacial score (nSPS) is 25.8. The minimum absolute atomic E-state index is 0.214. The van der Waals surface area contributed by atoms with E-state index in [1.807, 2.05) is 24.3 Å². The summed E-state index contributed by atoms with van der Waals surface area (Å²) in [6.07, 6.45) is 2.85. The highest BCUT2D eigenvalue weighted by atomic mass is 32.2. The summed E-state index contributed by atoms with van der Waals surface area (Å²) in [5.74, 6) is 0.168. The van der Waals surface area contributed by atoms with E-state index >= 15 is 0 Å². The molecule has 3 atom stereocenters. The van der Waals surface area contributed by atoms with E-state index in [-0.39, 0.29) is 28.3 Å². The van der Waals surface area contributed by atoms with E-state index in [0.29, 0.717) is 13.1 Å². The smallest absolute Gasteiger partial charge is 0.217 e. The van der Waals surface area contributed by atoms with Crippen LogP contribution in [-0.2, 0) is 15.4 Å². The molecular weight excluding hydrogens is 461 g/mol. The van der Waals surface area contributed by atoms with Gasteiger partial charge in [-0.15, -0.1) is 0 Å². The molecule has 0 aromatic heterocycles. The van der Waals surface area contributed by atoms with E-state index < -0.39 is 10.0 Å². The Morgan fingerprint density at radius 3 is 2.46 bits per heavy atom. The van der Waals surface area contributed by atoms with E-state index in [1.54, 1.807) is 16.4 Å². The number of rotatable bonds is 7. The van der Waals surface area contributed by atoms with Crippen LogP contribution in [-0.4, -0.2) is 37.3 Å². The van der Waals surface area contributed by atoms with Gasteiger partial charge in [-0.2, -0.15) is 0 Å². The first kappa shape index (κ1) is 22.4. The highest BCUT2D eigenvalue weighted by Crippen LogP contribution is 2.70. The molecule has 0 radical (unpaired) electrons. The summed E-state index contributed by atoms with van der Waals surface area (Å²) >= 11 is 0. The standard InChI is InChI=1S/C28H28FN3O2S/c1-18-13-26(31-22-9-7-21(29)8-10-22)20(15-30)14-24(18)28-17-32(35(33,34)23-11-12-23)16-25(28)27(28)19-5-3-2-4-6-19/h2-10,13-15,23,25,27,30-31H,11-12,16-17H2,1H3/t25-,27-,28+/m1/s1. The zero-order chi connectivity index (χ0) is 24.4. The van der Waals surface area contributed by atoms with Gasteiger partial charge in [-0.1, -0.05) is 30.3 Å². The lowest BCUT2D eigenvalue weighted by Crippen LogP contribution is -2.36. The van der Waals surface area contributed by atoms with Gasteiger partial charge in [0.05, 0.1) is 5.25 Å². The van der Waals surface area contributed by atoms with Crippen LogP contribution in [0.15, 0.2) is 66.7 Å². The molecule has 2 aliphatic carbocycles. The molecule has 0 unspecified atom stereocenters. The van der Waals surface area contributed by atoms with E-state index in [0.717, 1.165) is 40.9 Å². The van der Waals surface area contributed by atoms with Crippen LogP contribution in [0.3, 0.4) is 0 Å². The van der Waals surface area contributed by atoms with Gasteiger partial charge in [0, 0.05) is 47.6 Å². The lowest BCUT2D eigenvalue weighted by Gasteiger charge is -2.26. The first-order valence-corrected chi connectivity index (χ1v) is 13.6. The largest absolute Gasteiger partial charge is 0.355 e. The van der Waals surface area contributed by atoms with Gasteiger partial charge in [0.1, 0.15) is 5.82 Å². The SMILES string of the molecule is Cc1cc(Nc2ccc(F)cc2)c(C=N)cc1[C@@]12CN(S(=O)(=O)C3CC3)C[C@@H]1[C@H]2c1ccccc1. The van der Waals surface area contributed by atoms with Crippen LogP contribution in [0.4, 0.5) is 15.8 Å². The van der Waals surface area contributed by atoms with Crippen molar-refractivity contribution in [1.29, 1.82) is 5.41 Å². The summed E-state index contributed by atoms with van der Waals surface area (Å²) in [4.78, 5) is 0. The summed E-state index contributed by atoms with van der Waals surface area (Å²) < 4.78 is 41.3. The molecule has 0 bridgehead atoms. The Morgan fingerprint density at radius 1 is 1.09 bits per heavy atom. The van der Waals surface area contributed by atoms with Crippen molar-refractivity contribution in [3.63, 3.8) is 0 Å². The van der Waals surface area contributed by atoms with Crippen LogP contribution >= 0.6 is 0 Å². The Hall–Kier alpha value is -3.03. The van der Waals surface area contributed by atoms with E-state index in [9.17, 15) is 12.8 Å². The van der Waals surface area contributed by atoms with E-state index in [1.165, 1.54) is 23.9 Å². The third-order valence-corrected chi connectivity index (χ3v) is 10.3. The Morgan fingerprint density at radius 2 is 1.80 bits per heavy atom. The Kier molecular flexibility index (Phi) is 5.13. The number of nitrogens with zero attached hydrogens (tertiary/aromatic N) is 1. The molecule has 5 nitrogen and oxygen atoms in total. The second-order valence-electron chi connectivity index (χ2n) is 10.1. The Labute approximate surface area is 205 Å². The lowest BCUT2D eigenvalue weighted by atomic mass is 9.86. The predicted octanol–water partition coefficient (Wildman–Crippen LogP) is 5.33. The summed E-state index contributed by atoms with van der Waals surface area (Å²) in [6.45, 7) is 3.09. The van der Waals surface area contributed by atoms with Gasteiger partial charge in [-0.25, -0.2) is 17.1 Å². The van der Waals surface area contributed by atoms with Gasteiger partial charge >= 0.3 is 0 Å². The molecule has 2 saturated carbocycles. The molecule has 1 saturated heterocycles. The fourth-order valence-corrected chi connectivity index (χ4v) is 8.05. The van der Waals surface area contributed by atoms with Gasteiger partial charge in [-0.05, 0) is 78.8 Å². The molecular formula is C28H28FN3O2S. The summed E-state index contributed by atoms with van der Waals surface area (Å²) in [5.41, 5.74) is 5.38. The second-order valence-corrected chi connectivity index (χ2v) is 12.3. The number of hydrogen-bond acceptors (Lipinski definition) is 4. The fraction of sp³-hybridized carbons (Fsp3) is 0.321. The quantitative estimate of drug-likeness (QED) is 0.441. The maximum Gasteiger partial charge on any atom is 0.217 e. The van der Waals surface area contributed by atoms with Crippen molar-refractivity contribution < 1.29 is 12.8 Å². The average molecular weight is 490 g/mol. The topological polar surface area (TPSA) is 73.3 Å². The third-order valence-electron chi connectivity index (χ3n) is 7.99. The third kappa shape index (κ3) is 3.60. The highest BCUT2D eigenvalue weighted by Gasteiger charge is 2.72. The number of piperidine rings is 1. The average Bonchev–Trinajstić information content (AvgIpc) is 3.77. The maximum absolute atomic E-state index is 13.3. The van der Waals surface area contributed by atoms with E-state index in [2.05, 4.69) is 30.4 Å². The van der Waals surface area contributed by atoms with Crippen molar-refractivity contribution in [3.8, 4) is 0 Å². The number of fused-ring (bicyclic) bond motifs is 1. The number of nitrogens with one attached hydrogen (secondary N) is 2. The number of hydrogen-bond donors (Lipinski definition) is 2. The zero-order valence-corrected chi connectivity index (χ0v) is 20.4. The molecule has 180 valence electrons. The molecule has 0 spiro atoms. The molecule has 3 aromatic carbocycles. The van der Waals surface area contributed by atoms with Crippen LogP contribution in [0, 0.1) is 24.1 Å². The number of aryl methyl sites for hydroxylation is 1. The van der Waals surface area contributed by atoms with Gasteiger partial charge < -0.3 is 10.7 Å². The van der Waals surface area contributed by atoms with Gasteiger partial charge in [-0.3, -0.25) is 0 Å². The monoisotopic (exact) mass is 489 g/mol. The number of anilines is 2. The Balaban J connectivity index is 1.40. The molecule has 35 heavy (non-hydrogen) atoms. The molecule has 6 rings (SSSR count). The fourth-order valence-electron chi connectivity index (χ4n) is 6.13. The molecule has 1 aliphatic heterocycles. The molecule has 1 heterocycles. The van der Waals surface area contributed by atoms with Gasteiger partial charge in [0.2, 0.25) is 10.0 Å². The maximum atomic E-state index is 13.3. The highest BCUT2D eigenvalue weighted by molar-refractivity contribution is 7.90. The van der Waals surface area contributed by atoms with E-state index in [4.69, 9.17) is 5.41 Å². The van der Waals surface area contributed by atoms with Crippen LogP contribution in [0.1, 0.15) is 41.0 Å². The summed E-state index contributed by atoms with van der Waals surface area (Å²) in [5, 5.41) is 11.2. The molecule has 7 heteroatoms. The van der Waals surface area contributed by atoms with Crippen LogP contribution < -0.4 is 5.32 Å². The zero-order valence-electron chi connectivity index (χ0n) is 19.5. The van der Waals surface area contributed by atoms with Crippen LogP contribution in [0.25, 0.3) is 0 Å². The minimum Gasteiger partial charge on any atom is -0.355 e. The molecule has 2 N–H and O–H groups in total. The van der Waals surface area contributed by atoms with Crippen molar-refractivity contribution in [3.05, 3.63) is 94.8 Å². The first-order chi connectivity index (χ1) is 16.8. The lowest BCUT2D eigenvalue weighted by molar-refractivity contribution is 0.420. The number of benzene rings is 3. The van der Waals surface area contributed by atoms with Crippen molar-refractivity contribution in [1.82, 2.24) is 4.31 Å². The van der Waals surface area contributed by atoms with Gasteiger partial charge in [0.15, 0.2) is 0 Å². The van der Waals surface area contributed by atoms with Crippen LogP contribution in [0.5, 0.6) is 0 Å². The molecule has 3 aliphatic rings. The first-order valence-electron chi connectivity index (χ1n) is 12.1. The summed E-state index contributed by atoms with van der Waals surface area (Å²) in [6, 6.07) is 20.6. The summed E-state index contributed by atoms with van der Waals surface area (Å²) in [7, 11) is -3.26. The number of sulfonamides is 1.